The van der Waals surface area contributed by atoms with Crippen LogP contribution in [0, 0.1) is 0 Å². The predicted molar refractivity (Wildman–Crippen MR) is 102 cm³/mol. The van der Waals surface area contributed by atoms with Crippen molar-refractivity contribution in [2.75, 3.05) is 17.2 Å². The lowest BCUT2D eigenvalue weighted by atomic mass is 10.1. The lowest BCUT2D eigenvalue weighted by Crippen LogP contribution is -2.35. The van der Waals surface area contributed by atoms with Gasteiger partial charge < -0.3 is 20.7 Å². The second-order valence-electron chi connectivity index (χ2n) is 5.27. The Bertz CT molecular complexity index is 754. The van der Waals surface area contributed by atoms with E-state index in [2.05, 4.69) is 20.7 Å². The molecule has 0 radical (unpaired) electrons. The molecule has 0 spiro atoms. The van der Waals surface area contributed by atoms with Crippen molar-refractivity contribution in [3.8, 4) is 5.75 Å². The fraction of sp³-hybridized carbons (Fsp3) is 0.222. The fourth-order valence-corrected chi connectivity index (χ4v) is 2.39. The molecule has 0 unspecified atom stereocenters. The van der Waals surface area contributed by atoms with Crippen LogP contribution < -0.4 is 20.7 Å². The lowest BCUT2D eigenvalue weighted by Gasteiger charge is -2.13. The van der Waals surface area contributed by atoms with Gasteiger partial charge in [-0.2, -0.15) is 8.78 Å². The maximum Gasteiger partial charge on any atom is 0.387 e. The molecule has 0 aliphatic carbocycles. The summed E-state index contributed by atoms with van der Waals surface area (Å²) in [6.07, 6.45) is 0.815. The Balaban J connectivity index is 1.80. The van der Waals surface area contributed by atoms with Gasteiger partial charge in [0, 0.05) is 11.4 Å². The van der Waals surface area contributed by atoms with Gasteiger partial charge in [-0.1, -0.05) is 25.1 Å². The van der Waals surface area contributed by atoms with Gasteiger partial charge in [0.15, 0.2) is 5.11 Å². The summed E-state index contributed by atoms with van der Waals surface area (Å²) in [5.41, 5.74) is 2.41. The number of hydrogen-bond acceptors (Lipinski definition) is 3. The number of benzene rings is 2. The number of para-hydroxylation sites is 1. The summed E-state index contributed by atoms with van der Waals surface area (Å²) >= 11 is 5.12. The number of alkyl halides is 2. The van der Waals surface area contributed by atoms with Crippen LogP contribution >= 0.6 is 12.2 Å². The number of nitrogens with one attached hydrogen (secondary N) is 3. The highest BCUT2D eigenvalue weighted by atomic mass is 32.1. The number of amides is 1. The summed E-state index contributed by atoms with van der Waals surface area (Å²) in [5, 5.41) is 8.73. The van der Waals surface area contributed by atoms with E-state index in [4.69, 9.17) is 12.2 Å². The van der Waals surface area contributed by atoms with Gasteiger partial charge in [0.05, 0.1) is 6.54 Å². The Labute approximate surface area is 155 Å². The van der Waals surface area contributed by atoms with E-state index in [1.807, 2.05) is 31.2 Å². The molecule has 2 aromatic rings. The molecule has 3 N–H and O–H groups in total. The monoisotopic (exact) mass is 379 g/mol. The molecular weight excluding hydrogens is 360 g/mol. The van der Waals surface area contributed by atoms with Crippen molar-refractivity contribution in [3.05, 3.63) is 54.1 Å². The molecule has 0 aliphatic heterocycles. The Kier molecular flexibility index (Phi) is 7.28. The first-order valence-electron chi connectivity index (χ1n) is 7.95. The summed E-state index contributed by atoms with van der Waals surface area (Å²) in [4.78, 5) is 12.0. The molecule has 0 heterocycles. The van der Waals surface area contributed by atoms with E-state index in [-0.39, 0.29) is 23.3 Å². The topological polar surface area (TPSA) is 62.4 Å². The summed E-state index contributed by atoms with van der Waals surface area (Å²) in [6.45, 7) is -0.857. The number of rotatable bonds is 7. The van der Waals surface area contributed by atoms with Crippen LogP contribution in [0.2, 0.25) is 0 Å². The summed E-state index contributed by atoms with van der Waals surface area (Å²) < 4.78 is 28.5. The summed E-state index contributed by atoms with van der Waals surface area (Å²) in [7, 11) is 0. The number of aryl methyl sites for hydroxylation is 1. The average Bonchev–Trinajstić information content (AvgIpc) is 2.62. The first kappa shape index (κ1) is 19.6. The zero-order valence-corrected chi connectivity index (χ0v) is 14.9. The molecule has 26 heavy (non-hydrogen) atoms. The van der Waals surface area contributed by atoms with E-state index in [9.17, 15) is 13.6 Å². The molecule has 0 fully saturated rings. The molecular formula is C18H19F2N3O2S. The van der Waals surface area contributed by atoms with Crippen molar-refractivity contribution in [3.63, 3.8) is 0 Å². The van der Waals surface area contributed by atoms with Gasteiger partial charge >= 0.3 is 6.61 Å². The van der Waals surface area contributed by atoms with Gasteiger partial charge in [-0.3, -0.25) is 4.79 Å². The molecule has 138 valence electrons. The van der Waals surface area contributed by atoms with Crippen LogP contribution in [0.5, 0.6) is 5.75 Å². The number of carbonyl (C=O) groups is 1. The minimum absolute atomic E-state index is 0.00351. The van der Waals surface area contributed by atoms with Crippen LogP contribution in [0.1, 0.15) is 12.5 Å². The van der Waals surface area contributed by atoms with Crippen LogP contribution in [0.25, 0.3) is 0 Å². The molecule has 0 atom stereocenters. The molecule has 0 bridgehead atoms. The maximum atomic E-state index is 12.1. The van der Waals surface area contributed by atoms with Crippen molar-refractivity contribution >= 4 is 34.6 Å². The van der Waals surface area contributed by atoms with E-state index >= 15 is 0 Å². The average molecular weight is 379 g/mol. The van der Waals surface area contributed by atoms with Crippen molar-refractivity contribution < 1.29 is 18.3 Å². The van der Waals surface area contributed by atoms with Crippen molar-refractivity contribution in [1.29, 1.82) is 0 Å². The second kappa shape index (κ2) is 9.67. The van der Waals surface area contributed by atoms with E-state index in [0.717, 1.165) is 17.7 Å². The molecule has 0 saturated carbocycles. The van der Waals surface area contributed by atoms with Crippen molar-refractivity contribution in [2.45, 2.75) is 20.0 Å². The minimum Gasteiger partial charge on any atom is -0.435 e. The molecule has 0 aromatic heterocycles. The highest BCUT2D eigenvalue weighted by molar-refractivity contribution is 7.80. The second-order valence-corrected chi connectivity index (χ2v) is 5.68. The zero-order chi connectivity index (χ0) is 18.9. The summed E-state index contributed by atoms with van der Waals surface area (Å²) in [5.74, 6) is -0.172. The molecule has 0 aliphatic rings. The van der Waals surface area contributed by atoms with Gasteiger partial charge in [0.25, 0.3) is 0 Å². The van der Waals surface area contributed by atoms with Gasteiger partial charge in [0.2, 0.25) is 5.91 Å². The predicted octanol–water partition coefficient (Wildman–Crippen LogP) is 3.78. The molecule has 2 rings (SSSR count). The number of thiocarbonyl (C=S) groups is 1. The number of halogens is 2. The Morgan fingerprint density at radius 1 is 1.12 bits per heavy atom. The SMILES string of the molecule is CCc1ccccc1NC(=O)CNC(=S)Nc1ccc(OC(F)F)cc1. The van der Waals surface area contributed by atoms with Crippen LogP contribution in [0.15, 0.2) is 48.5 Å². The first-order chi connectivity index (χ1) is 12.5. The van der Waals surface area contributed by atoms with E-state index in [1.165, 1.54) is 12.1 Å². The number of hydrogen-bond donors (Lipinski definition) is 3. The third-order valence-electron chi connectivity index (χ3n) is 3.42. The Morgan fingerprint density at radius 3 is 2.46 bits per heavy atom. The summed E-state index contributed by atoms with van der Waals surface area (Å²) in [6, 6.07) is 13.5. The highest BCUT2D eigenvalue weighted by Gasteiger charge is 2.07. The largest absolute Gasteiger partial charge is 0.435 e. The molecule has 2 aromatic carbocycles. The van der Waals surface area contributed by atoms with Crippen LogP contribution in [-0.2, 0) is 11.2 Å². The normalized spacial score (nSPS) is 10.3. The fourth-order valence-electron chi connectivity index (χ4n) is 2.20. The molecule has 0 saturated heterocycles. The lowest BCUT2D eigenvalue weighted by molar-refractivity contribution is -0.115. The molecule has 5 nitrogen and oxygen atoms in total. The third-order valence-corrected chi connectivity index (χ3v) is 3.67. The zero-order valence-electron chi connectivity index (χ0n) is 14.1. The van der Waals surface area contributed by atoms with Crippen LogP contribution in [-0.4, -0.2) is 24.2 Å². The number of anilines is 2. The van der Waals surface area contributed by atoms with Crippen LogP contribution in [0.3, 0.4) is 0 Å². The van der Waals surface area contributed by atoms with E-state index in [1.54, 1.807) is 12.1 Å². The molecule has 8 heteroatoms. The highest BCUT2D eigenvalue weighted by Crippen LogP contribution is 2.17. The Morgan fingerprint density at radius 2 is 1.81 bits per heavy atom. The maximum absolute atomic E-state index is 12.1. The molecule has 1 amide bonds. The van der Waals surface area contributed by atoms with Gasteiger partial charge in [-0.15, -0.1) is 0 Å². The van der Waals surface area contributed by atoms with Crippen LogP contribution in [0.4, 0.5) is 20.2 Å². The van der Waals surface area contributed by atoms with Gasteiger partial charge in [-0.25, -0.2) is 0 Å². The minimum atomic E-state index is -2.87. The van der Waals surface area contributed by atoms with Crippen molar-refractivity contribution in [2.24, 2.45) is 0 Å². The third kappa shape index (κ3) is 6.29. The number of ether oxygens (including phenoxy) is 1. The Hall–Kier alpha value is -2.74. The smallest absolute Gasteiger partial charge is 0.387 e. The quantitative estimate of drug-likeness (QED) is 0.639. The first-order valence-corrected chi connectivity index (χ1v) is 8.36. The van der Waals surface area contributed by atoms with E-state index < -0.39 is 6.61 Å². The van der Waals surface area contributed by atoms with Crippen molar-refractivity contribution in [1.82, 2.24) is 5.32 Å². The van der Waals surface area contributed by atoms with Gasteiger partial charge in [0.1, 0.15) is 5.75 Å². The van der Waals surface area contributed by atoms with Gasteiger partial charge in [-0.05, 0) is 54.5 Å². The van der Waals surface area contributed by atoms with E-state index in [0.29, 0.717) is 5.69 Å². The standard InChI is InChI=1S/C18H19F2N3O2S/c1-2-12-5-3-4-6-15(12)23-16(24)11-21-18(26)22-13-7-9-14(10-8-13)25-17(19)20/h3-10,17H,2,11H2,1H3,(H,23,24)(H2,21,22,26). The number of carbonyl (C=O) groups excluding carboxylic acids is 1.